The lowest BCUT2D eigenvalue weighted by atomic mass is 9.99. The van der Waals surface area contributed by atoms with Gasteiger partial charge in [0.1, 0.15) is 5.82 Å². The first-order valence-corrected chi connectivity index (χ1v) is 8.77. The van der Waals surface area contributed by atoms with E-state index in [9.17, 15) is 9.59 Å². The van der Waals surface area contributed by atoms with E-state index in [2.05, 4.69) is 17.2 Å². The smallest absolute Gasteiger partial charge is 0.337 e. The van der Waals surface area contributed by atoms with Crippen molar-refractivity contribution in [1.82, 2.24) is 9.88 Å². The number of hydrogen-bond donors (Lipinski definition) is 1. The van der Waals surface area contributed by atoms with Crippen LogP contribution < -0.4 is 5.32 Å². The molecule has 2 heterocycles. The number of benzene rings is 1. The Morgan fingerprint density at radius 2 is 2.08 bits per heavy atom. The van der Waals surface area contributed by atoms with E-state index >= 15 is 0 Å². The summed E-state index contributed by atoms with van der Waals surface area (Å²) in [5, 5.41) is 3.14. The molecular weight excluding hydrogens is 330 g/mol. The highest BCUT2D eigenvalue weighted by Gasteiger charge is 2.22. The van der Waals surface area contributed by atoms with Crippen LogP contribution >= 0.6 is 0 Å². The van der Waals surface area contributed by atoms with Crippen LogP contribution in [0, 0.1) is 5.92 Å². The minimum atomic E-state index is -0.398. The molecule has 1 aromatic carbocycles. The van der Waals surface area contributed by atoms with Gasteiger partial charge in [0.05, 0.1) is 12.7 Å². The molecule has 1 aromatic heterocycles. The number of piperidine rings is 1. The summed E-state index contributed by atoms with van der Waals surface area (Å²) in [5.74, 6) is 0.728. The number of aromatic nitrogens is 1. The second-order valence-electron chi connectivity index (χ2n) is 6.63. The van der Waals surface area contributed by atoms with Gasteiger partial charge >= 0.3 is 5.97 Å². The predicted molar refractivity (Wildman–Crippen MR) is 99.6 cm³/mol. The molecule has 1 fully saturated rings. The lowest BCUT2D eigenvalue weighted by molar-refractivity contribution is 0.0600. The van der Waals surface area contributed by atoms with Crippen LogP contribution in [0.1, 0.15) is 40.5 Å². The second-order valence-corrected chi connectivity index (χ2v) is 6.63. The van der Waals surface area contributed by atoms with Gasteiger partial charge in [-0.05, 0) is 49.1 Å². The van der Waals surface area contributed by atoms with Crippen LogP contribution in [0.25, 0.3) is 0 Å². The third kappa shape index (κ3) is 4.20. The summed E-state index contributed by atoms with van der Waals surface area (Å²) < 4.78 is 4.74. The van der Waals surface area contributed by atoms with E-state index in [1.807, 2.05) is 11.0 Å². The SMILES string of the molecule is COC(=O)c1cccc(Nc2cc(C(=O)N3CCCC(C)C3)ccn2)c1. The minimum Gasteiger partial charge on any atom is -0.465 e. The molecule has 0 aliphatic carbocycles. The maximum Gasteiger partial charge on any atom is 0.337 e. The number of likely N-dealkylation sites (tertiary alicyclic amines) is 1. The number of ether oxygens (including phenoxy) is 1. The van der Waals surface area contributed by atoms with E-state index in [4.69, 9.17) is 4.74 Å². The number of methoxy groups -OCH3 is 1. The zero-order valence-electron chi connectivity index (χ0n) is 15.1. The van der Waals surface area contributed by atoms with Crippen LogP contribution in [0.5, 0.6) is 0 Å². The van der Waals surface area contributed by atoms with Gasteiger partial charge in [-0.2, -0.15) is 0 Å². The highest BCUT2D eigenvalue weighted by molar-refractivity contribution is 5.95. The Morgan fingerprint density at radius 1 is 1.23 bits per heavy atom. The van der Waals surface area contributed by atoms with Crippen molar-refractivity contribution in [3.63, 3.8) is 0 Å². The molecule has 0 radical (unpaired) electrons. The molecule has 0 saturated carbocycles. The van der Waals surface area contributed by atoms with Crippen LogP contribution in [0.2, 0.25) is 0 Å². The number of amides is 1. The number of nitrogens with one attached hydrogen (secondary N) is 1. The highest BCUT2D eigenvalue weighted by atomic mass is 16.5. The quantitative estimate of drug-likeness (QED) is 0.852. The molecule has 1 atom stereocenters. The first-order chi connectivity index (χ1) is 12.6. The van der Waals surface area contributed by atoms with E-state index in [0.29, 0.717) is 28.6 Å². The van der Waals surface area contributed by atoms with E-state index in [1.54, 1.807) is 36.5 Å². The van der Waals surface area contributed by atoms with Gasteiger partial charge in [-0.25, -0.2) is 9.78 Å². The molecule has 0 spiro atoms. The number of pyridine rings is 1. The monoisotopic (exact) mass is 353 g/mol. The first-order valence-electron chi connectivity index (χ1n) is 8.77. The standard InChI is InChI=1S/C20H23N3O3/c1-14-5-4-10-23(13-14)19(24)15-8-9-21-18(12-15)22-17-7-3-6-16(11-17)20(25)26-2/h3,6-9,11-12,14H,4-5,10,13H2,1-2H3,(H,21,22). The summed E-state index contributed by atoms with van der Waals surface area (Å²) in [5.41, 5.74) is 1.77. The third-order valence-electron chi connectivity index (χ3n) is 4.51. The molecular formula is C20H23N3O3. The van der Waals surface area contributed by atoms with Gasteiger partial charge in [-0.3, -0.25) is 4.79 Å². The Labute approximate surface area is 153 Å². The largest absolute Gasteiger partial charge is 0.465 e. The van der Waals surface area contributed by atoms with Crippen molar-refractivity contribution >= 4 is 23.4 Å². The topological polar surface area (TPSA) is 71.5 Å². The fourth-order valence-corrected chi connectivity index (χ4v) is 3.18. The van der Waals surface area contributed by atoms with E-state index in [-0.39, 0.29) is 5.91 Å². The van der Waals surface area contributed by atoms with Crippen molar-refractivity contribution < 1.29 is 14.3 Å². The number of esters is 1. The van der Waals surface area contributed by atoms with E-state index < -0.39 is 5.97 Å². The van der Waals surface area contributed by atoms with Gasteiger partial charge in [0.2, 0.25) is 0 Å². The highest BCUT2D eigenvalue weighted by Crippen LogP contribution is 2.21. The van der Waals surface area contributed by atoms with Crippen molar-refractivity contribution in [2.75, 3.05) is 25.5 Å². The van der Waals surface area contributed by atoms with Gasteiger partial charge in [-0.15, -0.1) is 0 Å². The van der Waals surface area contributed by atoms with Gasteiger partial charge < -0.3 is 15.0 Å². The Hall–Kier alpha value is -2.89. The van der Waals surface area contributed by atoms with Crippen molar-refractivity contribution in [1.29, 1.82) is 0 Å². The van der Waals surface area contributed by atoms with Crippen molar-refractivity contribution in [3.05, 3.63) is 53.7 Å². The Balaban J connectivity index is 1.75. The number of carbonyl (C=O) groups excluding carboxylic acids is 2. The predicted octanol–water partition coefficient (Wildman–Crippen LogP) is 3.48. The molecule has 1 amide bonds. The van der Waals surface area contributed by atoms with Crippen LogP contribution in [0.3, 0.4) is 0 Å². The van der Waals surface area contributed by atoms with Crippen LogP contribution in [-0.2, 0) is 4.74 Å². The zero-order chi connectivity index (χ0) is 18.5. The van der Waals surface area contributed by atoms with Crippen molar-refractivity contribution in [2.45, 2.75) is 19.8 Å². The molecule has 1 aliphatic heterocycles. The van der Waals surface area contributed by atoms with Gasteiger partial charge in [0.15, 0.2) is 0 Å². The maximum absolute atomic E-state index is 12.7. The first kappa shape index (κ1) is 17.9. The Kier molecular flexibility index (Phi) is 5.51. The maximum atomic E-state index is 12.7. The summed E-state index contributed by atoms with van der Waals surface area (Å²) >= 11 is 0. The van der Waals surface area contributed by atoms with Gasteiger partial charge in [0, 0.05) is 30.5 Å². The fourth-order valence-electron chi connectivity index (χ4n) is 3.18. The van der Waals surface area contributed by atoms with Crippen molar-refractivity contribution in [2.24, 2.45) is 5.92 Å². The van der Waals surface area contributed by atoms with Gasteiger partial charge in [-0.1, -0.05) is 13.0 Å². The van der Waals surface area contributed by atoms with Crippen molar-refractivity contribution in [3.8, 4) is 0 Å². The van der Waals surface area contributed by atoms with Gasteiger partial charge in [0.25, 0.3) is 5.91 Å². The molecule has 136 valence electrons. The Morgan fingerprint density at radius 3 is 2.85 bits per heavy atom. The number of anilines is 2. The fraction of sp³-hybridized carbons (Fsp3) is 0.350. The number of hydrogen-bond acceptors (Lipinski definition) is 5. The molecule has 1 aliphatic rings. The summed E-state index contributed by atoms with van der Waals surface area (Å²) in [7, 11) is 1.35. The second kappa shape index (κ2) is 7.99. The lowest BCUT2D eigenvalue weighted by Crippen LogP contribution is -2.39. The number of rotatable bonds is 4. The number of nitrogens with zero attached hydrogens (tertiary/aromatic N) is 2. The summed E-state index contributed by atoms with van der Waals surface area (Å²) in [6.07, 6.45) is 3.83. The summed E-state index contributed by atoms with van der Waals surface area (Å²) in [6, 6.07) is 10.4. The van der Waals surface area contributed by atoms with E-state index in [0.717, 1.165) is 19.5 Å². The summed E-state index contributed by atoms with van der Waals surface area (Å²) in [6.45, 7) is 3.77. The molecule has 1 unspecified atom stereocenters. The molecule has 26 heavy (non-hydrogen) atoms. The molecule has 6 heteroatoms. The molecule has 1 N–H and O–H groups in total. The van der Waals surface area contributed by atoms with Crippen LogP contribution in [0.15, 0.2) is 42.6 Å². The Bertz CT molecular complexity index is 806. The van der Waals surface area contributed by atoms with Crippen LogP contribution in [-0.4, -0.2) is 42.0 Å². The summed E-state index contributed by atoms with van der Waals surface area (Å²) in [4.78, 5) is 30.6. The average molecular weight is 353 g/mol. The third-order valence-corrected chi connectivity index (χ3v) is 4.51. The normalized spacial score (nSPS) is 16.8. The number of carbonyl (C=O) groups is 2. The lowest BCUT2D eigenvalue weighted by Gasteiger charge is -2.31. The molecule has 0 bridgehead atoms. The minimum absolute atomic E-state index is 0.0327. The molecule has 2 aromatic rings. The molecule has 3 rings (SSSR count). The molecule has 6 nitrogen and oxygen atoms in total. The van der Waals surface area contributed by atoms with E-state index in [1.165, 1.54) is 13.5 Å². The average Bonchev–Trinajstić information content (AvgIpc) is 2.67. The zero-order valence-corrected chi connectivity index (χ0v) is 15.1. The van der Waals surface area contributed by atoms with Crippen LogP contribution in [0.4, 0.5) is 11.5 Å². The molecule has 1 saturated heterocycles.